The second kappa shape index (κ2) is 6.05. The molecule has 0 aromatic carbocycles. The summed E-state index contributed by atoms with van der Waals surface area (Å²) in [6, 6.07) is -0.0323. The van der Waals surface area contributed by atoms with Crippen LogP contribution in [0.2, 0.25) is 0 Å². The predicted octanol–water partition coefficient (Wildman–Crippen LogP) is 2.04. The van der Waals surface area contributed by atoms with Crippen LogP contribution in [0.3, 0.4) is 0 Å². The lowest BCUT2D eigenvalue weighted by molar-refractivity contribution is -0.134. The van der Waals surface area contributed by atoms with E-state index in [4.69, 9.17) is 5.73 Å². The third-order valence-corrected chi connectivity index (χ3v) is 4.47. The number of halogens is 1. The highest BCUT2D eigenvalue weighted by Gasteiger charge is 2.37. The van der Waals surface area contributed by atoms with Gasteiger partial charge in [-0.05, 0) is 31.6 Å². The summed E-state index contributed by atoms with van der Waals surface area (Å²) in [6.45, 7) is 5.85. The molecule has 1 heterocycles. The van der Waals surface area contributed by atoms with Crippen LogP contribution in [-0.2, 0) is 4.79 Å². The summed E-state index contributed by atoms with van der Waals surface area (Å²) in [4.78, 5) is 14.2. The molecule has 100 valence electrons. The molecule has 1 saturated heterocycles. The number of amides is 1. The molecule has 2 fully saturated rings. The van der Waals surface area contributed by atoms with E-state index < -0.39 is 0 Å². The Bertz CT molecular complexity index is 256. The number of hydrogen-bond acceptors (Lipinski definition) is 2. The summed E-state index contributed by atoms with van der Waals surface area (Å²) in [6.07, 6.45) is 5.35. The zero-order valence-corrected chi connectivity index (χ0v) is 11.7. The fraction of sp³-hybridized carbons (Fsp3) is 0.923. The Kier molecular flexibility index (Phi) is 5.26. The molecule has 2 N–H and O–H groups in total. The van der Waals surface area contributed by atoms with Gasteiger partial charge in [0, 0.05) is 19.1 Å². The van der Waals surface area contributed by atoms with E-state index in [9.17, 15) is 4.79 Å². The lowest BCUT2D eigenvalue weighted by Gasteiger charge is -2.23. The average molecular weight is 261 g/mol. The van der Waals surface area contributed by atoms with Gasteiger partial charge in [-0.15, -0.1) is 12.4 Å². The number of likely N-dealkylation sites (tertiary alicyclic amines) is 1. The maximum Gasteiger partial charge on any atom is 0.226 e. The standard InChI is InChI=1S/C13H24N2O.ClH/c1-9(10(2)14)13(16)15-7-11-5-3-4-6-12(11)8-15;/h9-12H,3-8,14H2,1-2H3;1H. The number of rotatable bonds is 2. The van der Waals surface area contributed by atoms with E-state index in [1.807, 2.05) is 13.8 Å². The molecule has 0 bridgehead atoms. The Morgan fingerprint density at radius 3 is 2.06 bits per heavy atom. The van der Waals surface area contributed by atoms with Crippen molar-refractivity contribution in [2.75, 3.05) is 13.1 Å². The summed E-state index contributed by atoms with van der Waals surface area (Å²) in [5.74, 6) is 1.79. The van der Waals surface area contributed by atoms with Crippen molar-refractivity contribution in [3.05, 3.63) is 0 Å². The lowest BCUT2D eigenvalue weighted by Crippen LogP contribution is -2.40. The lowest BCUT2D eigenvalue weighted by atomic mass is 9.82. The number of carbonyl (C=O) groups is 1. The molecule has 3 nitrogen and oxygen atoms in total. The Morgan fingerprint density at radius 2 is 1.65 bits per heavy atom. The van der Waals surface area contributed by atoms with E-state index in [1.54, 1.807) is 0 Å². The largest absolute Gasteiger partial charge is 0.342 e. The first kappa shape index (κ1) is 14.8. The highest BCUT2D eigenvalue weighted by Crippen LogP contribution is 2.36. The fourth-order valence-corrected chi connectivity index (χ4v) is 3.10. The van der Waals surface area contributed by atoms with Gasteiger partial charge in [0.05, 0.1) is 5.92 Å². The van der Waals surface area contributed by atoms with Gasteiger partial charge in [-0.2, -0.15) is 0 Å². The van der Waals surface area contributed by atoms with Crippen LogP contribution in [0.1, 0.15) is 39.5 Å². The first-order chi connectivity index (χ1) is 7.59. The molecule has 2 rings (SSSR count). The zero-order valence-electron chi connectivity index (χ0n) is 10.9. The summed E-state index contributed by atoms with van der Waals surface area (Å²) in [5, 5.41) is 0. The topological polar surface area (TPSA) is 46.3 Å². The quantitative estimate of drug-likeness (QED) is 0.826. The van der Waals surface area contributed by atoms with Gasteiger partial charge in [-0.3, -0.25) is 4.79 Å². The molecule has 0 aromatic heterocycles. The number of nitrogens with two attached hydrogens (primary N) is 1. The van der Waals surface area contributed by atoms with Gasteiger partial charge in [0.15, 0.2) is 0 Å². The third kappa shape index (κ3) is 3.14. The van der Waals surface area contributed by atoms with E-state index in [2.05, 4.69) is 4.90 Å². The van der Waals surface area contributed by atoms with E-state index in [0.29, 0.717) is 0 Å². The van der Waals surface area contributed by atoms with Crippen LogP contribution in [0, 0.1) is 17.8 Å². The first-order valence-electron chi connectivity index (χ1n) is 6.64. The monoisotopic (exact) mass is 260 g/mol. The number of nitrogens with zero attached hydrogens (tertiary/aromatic N) is 1. The van der Waals surface area contributed by atoms with Crippen molar-refractivity contribution in [2.45, 2.75) is 45.6 Å². The van der Waals surface area contributed by atoms with Gasteiger partial charge < -0.3 is 10.6 Å². The van der Waals surface area contributed by atoms with Gasteiger partial charge in [-0.25, -0.2) is 0 Å². The van der Waals surface area contributed by atoms with Crippen LogP contribution >= 0.6 is 12.4 Å². The van der Waals surface area contributed by atoms with Crippen molar-refractivity contribution >= 4 is 18.3 Å². The van der Waals surface area contributed by atoms with Crippen LogP contribution in [0.25, 0.3) is 0 Å². The second-order valence-corrected chi connectivity index (χ2v) is 5.70. The van der Waals surface area contributed by atoms with Crippen molar-refractivity contribution in [1.82, 2.24) is 4.90 Å². The highest BCUT2D eigenvalue weighted by molar-refractivity contribution is 5.85. The Morgan fingerprint density at radius 1 is 1.18 bits per heavy atom. The van der Waals surface area contributed by atoms with Crippen molar-refractivity contribution in [2.24, 2.45) is 23.5 Å². The van der Waals surface area contributed by atoms with E-state index >= 15 is 0 Å². The molecule has 0 radical (unpaired) electrons. The molecule has 2 aliphatic rings. The Balaban J connectivity index is 0.00000144. The van der Waals surface area contributed by atoms with Crippen molar-refractivity contribution < 1.29 is 4.79 Å². The molecule has 4 atom stereocenters. The van der Waals surface area contributed by atoms with Gasteiger partial charge in [0.25, 0.3) is 0 Å². The molecule has 4 unspecified atom stereocenters. The maximum absolute atomic E-state index is 12.2. The summed E-state index contributed by atoms with van der Waals surface area (Å²) < 4.78 is 0. The minimum Gasteiger partial charge on any atom is -0.342 e. The van der Waals surface area contributed by atoms with Crippen LogP contribution in [0.4, 0.5) is 0 Å². The van der Waals surface area contributed by atoms with Gasteiger partial charge in [0.1, 0.15) is 0 Å². The smallest absolute Gasteiger partial charge is 0.226 e. The van der Waals surface area contributed by atoms with Gasteiger partial charge in [0.2, 0.25) is 5.91 Å². The van der Waals surface area contributed by atoms with Crippen LogP contribution in [0.5, 0.6) is 0 Å². The molecule has 4 heteroatoms. The number of hydrogen-bond donors (Lipinski definition) is 1. The van der Waals surface area contributed by atoms with E-state index in [1.165, 1.54) is 25.7 Å². The van der Waals surface area contributed by atoms with E-state index in [-0.39, 0.29) is 30.3 Å². The average Bonchev–Trinajstić information content (AvgIpc) is 2.70. The minimum atomic E-state index is -0.0323. The molecule has 0 spiro atoms. The van der Waals surface area contributed by atoms with Crippen LogP contribution < -0.4 is 5.73 Å². The molecule has 17 heavy (non-hydrogen) atoms. The second-order valence-electron chi connectivity index (χ2n) is 5.70. The molecule has 1 aliphatic carbocycles. The van der Waals surface area contributed by atoms with Gasteiger partial charge in [-0.1, -0.05) is 19.8 Å². The SMILES string of the molecule is CC(N)C(C)C(=O)N1CC2CCCCC2C1.Cl. The van der Waals surface area contributed by atoms with Crippen LogP contribution in [-0.4, -0.2) is 29.9 Å². The highest BCUT2D eigenvalue weighted by atomic mass is 35.5. The third-order valence-electron chi connectivity index (χ3n) is 4.47. The summed E-state index contributed by atoms with van der Waals surface area (Å²) in [7, 11) is 0. The van der Waals surface area contributed by atoms with Crippen LogP contribution in [0.15, 0.2) is 0 Å². The molecule has 1 saturated carbocycles. The zero-order chi connectivity index (χ0) is 11.7. The first-order valence-corrected chi connectivity index (χ1v) is 6.64. The normalized spacial score (nSPS) is 31.4. The maximum atomic E-state index is 12.2. The number of fused-ring (bicyclic) bond motifs is 1. The molecular weight excluding hydrogens is 236 g/mol. The van der Waals surface area contributed by atoms with Gasteiger partial charge >= 0.3 is 0 Å². The van der Waals surface area contributed by atoms with Crippen molar-refractivity contribution in [1.29, 1.82) is 0 Å². The summed E-state index contributed by atoms with van der Waals surface area (Å²) in [5.41, 5.74) is 5.80. The molecular formula is C13H25ClN2O. The minimum absolute atomic E-state index is 0. The molecule has 1 aliphatic heterocycles. The molecule has 0 aromatic rings. The fourth-order valence-electron chi connectivity index (χ4n) is 3.10. The van der Waals surface area contributed by atoms with E-state index in [0.717, 1.165) is 24.9 Å². The Hall–Kier alpha value is -0.280. The number of carbonyl (C=O) groups excluding carboxylic acids is 1. The predicted molar refractivity (Wildman–Crippen MR) is 72.1 cm³/mol. The Labute approximate surface area is 111 Å². The van der Waals surface area contributed by atoms with Crippen molar-refractivity contribution in [3.8, 4) is 0 Å². The summed E-state index contributed by atoms with van der Waals surface area (Å²) >= 11 is 0. The van der Waals surface area contributed by atoms with Crippen molar-refractivity contribution in [3.63, 3.8) is 0 Å². The molecule has 1 amide bonds.